The summed E-state index contributed by atoms with van der Waals surface area (Å²) in [5.74, 6) is 1.40. The average molecular weight is 396 g/mol. The van der Waals surface area contributed by atoms with Crippen molar-refractivity contribution in [2.45, 2.75) is 45.3 Å². The summed E-state index contributed by atoms with van der Waals surface area (Å²) in [4.78, 5) is 14.9. The van der Waals surface area contributed by atoms with Crippen molar-refractivity contribution >= 4 is 11.6 Å². The lowest BCUT2D eigenvalue weighted by Crippen LogP contribution is -2.44. The van der Waals surface area contributed by atoms with Crippen LogP contribution in [0, 0.1) is 0 Å². The summed E-state index contributed by atoms with van der Waals surface area (Å²) in [5, 5.41) is 6.60. The predicted molar refractivity (Wildman–Crippen MR) is 114 cm³/mol. The van der Waals surface area contributed by atoms with Crippen LogP contribution in [0.3, 0.4) is 0 Å². The van der Waals surface area contributed by atoms with E-state index in [4.69, 9.17) is 9.47 Å². The maximum atomic E-state index is 12.5. The molecule has 2 aromatic carbocycles. The first-order valence-corrected chi connectivity index (χ1v) is 10.4. The predicted octanol–water partition coefficient (Wildman–Crippen LogP) is 3.31. The number of rotatable bonds is 6. The van der Waals surface area contributed by atoms with Crippen LogP contribution >= 0.6 is 0 Å². The van der Waals surface area contributed by atoms with Gasteiger partial charge in [0.15, 0.2) is 11.5 Å². The highest BCUT2D eigenvalue weighted by atomic mass is 16.7. The van der Waals surface area contributed by atoms with Crippen LogP contribution in [0.25, 0.3) is 0 Å². The second-order valence-corrected chi connectivity index (χ2v) is 8.00. The highest BCUT2D eigenvalue weighted by Gasteiger charge is 2.20. The lowest BCUT2D eigenvalue weighted by atomic mass is 10.0. The van der Waals surface area contributed by atoms with Crippen LogP contribution in [0.5, 0.6) is 11.5 Å². The lowest BCUT2D eigenvalue weighted by Gasteiger charge is -2.35. The standard InChI is InChI=1S/C23H29N3O3/c1-16(2)25-19-9-11-26(12-10-19)20-6-4-18(5-7-20)23(27)24-14-17-3-8-21-22(13-17)29-15-28-21/h3-8,13,16,19,25H,9-12,14-15H2,1-2H3,(H,24,27). The molecule has 2 heterocycles. The van der Waals surface area contributed by atoms with Gasteiger partial charge in [-0.3, -0.25) is 4.79 Å². The molecule has 0 aliphatic carbocycles. The molecule has 1 saturated heterocycles. The number of carbonyl (C=O) groups is 1. The number of hydrogen-bond acceptors (Lipinski definition) is 5. The zero-order valence-corrected chi connectivity index (χ0v) is 17.1. The molecule has 2 aromatic rings. The van der Waals surface area contributed by atoms with Gasteiger partial charge in [0.1, 0.15) is 0 Å². The van der Waals surface area contributed by atoms with Gasteiger partial charge in [0, 0.05) is 43.0 Å². The van der Waals surface area contributed by atoms with Gasteiger partial charge in [-0.25, -0.2) is 0 Å². The van der Waals surface area contributed by atoms with Crippen LogP contribution in [0.1, 0.15) is 42.6 Å². The summed E-state index contributed by atoms with van der Waals surface area (Å²) in [6.07, 6.45) is 2.30. The van der Waals surface area contributed by atoms with E-state index in [0.717, 1.165) is 43.0 Å². The SMILES string of the molecule is CC(C)NC1CCN(c2ccc(C(=O)NCc3ccc4c(c3)OCO4)cc2)CC1. The molecule has 29 heavy (non-hydrogen) atoms. The summed E-state index contributed by atoms with van der Waals surface area (Å²) in [7, 11) is 0. The fraction of sp³-hybridized carbons (Fsp3) is 0.435. The van der Waals surface area contributed by atoms with Gasteiger partial charge >= 0.3 is 0 Å². The number of carbonyl (C=O) groups excluding carboxylic acids is 1. The Kier molecular flexibility index (Phi) is 5.90. The van der Waals surface area contributed by atoms with E-state index in [1.54, 1.807) is 0 Å². The van der Waals surface area contributed by atoms with E-state index >= 15 is 0 Å². The molecule has 6 nitrogen and oxygen atoms in total. The molecule has 0 unspecified atom stereocenters. The molecule has 0 radical (unpaired) electrons. The lowest BCUT2D eigenvalue weighted by molar-refractivity contribution is 0.0951. The fourth-order valence-electron chi connectivity index (χ4n) is 3.93. The molecule has 0 aromatic heterocycles. The van der Waals surface area contributed by atoms with E-state index in [2.05, 4.69) is 29.4 Å². The molecule has 4 rings (SSSR count). The van der Waals surface area contributed by atoms with Crippen molar-refractivity contribution < 1.29 is 14.3 Å². The quantitative estimate of drug-likeness (QED) is 0.786. The van der Waals surface area contributed by atoms with E-state index < -0.39 is 0 Å². The van der Waals surface area contributed by atoms with Gasteiger partial charge in [-0.05, 0) is 54.8 Å². The highest BCUT2D eigenvalue weighted by Crippen LogP contribution is 2.32. The van der Waals surface area contributed by atoms with Crippen LogP contribution in [-0.2, 0) is 6.54 Å². The number of fused-ring (bicyclic) bond motifs is 1. The first kappa shape index (κ1) is 19.6. The first-order chi connectivity index (χ1) is 14.1. The highest BCUT2D eigenvalue weighted by molar-refractivity contribution is 5.94. The topological polar surface area (TPSA) is 62.8 Å². The first-order valence-electron chi connectivity index (χ1n) is 10.4. The van der Waals surface area contributed by atoms with Crippen LogP contribution < -0.4 is 25.0 Å². The smallest absolute Gasteiger partial charge is 0.251 e. The van der Waals surface area contributed by atoms with E-state index in [9.17, 15) is 4.79 Å². The zero-order valence-electron chi connectivity index (χ0n) is 17.1. The number of piperidine rings is 1. The normalized spacial score (nSPS) is 16.3. The molecular weight excluding hydrogens is 366 g/mol. The Labute approximate surface area is 172 Å². The minimum absolute atomic E-state index is 0.0749. The van der Waals surface area contributed by atoms with Crippen LogP contribution in [0.2, 0.25) is 0 Å². The van der Waals surface area contributed by atoms with Gasteiger partial charge in [0.25, 0.3) is 5.91 Å². The summed E-state index contributed by atoms with van der Waals surface area (Å²) < 4.78 is 10.7. The number of nitrogens with one attached hydrogen (secondary N) is 2. The molecule has 0 spiro atoms. The van der Waals surface area contributed by atoms with E-state index in [0.29, 0.717) is 24.2 Å². The maximum absolute atomic E-state index is 12.5. The van der Waals surface area contributed by atoms with Crippen molar-refractivity contribution in [2.24, 2.45) is 0 Å². The second kappa shape index (κ2) is 8.74. The molecule has 6 heteroatoms. The monoisotopic (exact) mass is 395 g/mol. The number of amides is 1. The van der Waals surface area contributed by atoms with Gasteiger partial charge in [-0.1, -0.05) is 19.9 Å². The molecule has 2 aliphatic rings. The molecule has 0 atom stereocenters. The van der Waals surface area contributed by atoms with Crippen molar-refractivity contribution in [2.75, 3.05) is 24.8 Å². The molecule has 1 fully saturated rings. The number of nitrogens with zero attached hydrogens (tertiary/aromatic N) is 1. The minimum atomic E-state index is -0.0749. The van der Waals surface area contributed by atoms with Gasteiger partial charge < -0.3 is 25.0 Å². The average Bonchev–Trinajstić information content (AvgIpc) is 3.20. The van der Waals surface area contributed by atoms with E-state index in [-0.39, 0.29) is 12.7 Å². The third-order valence-electron chi connectivity index (χ3n) is 5.45. The van der Waals surface area contributed by atoms with Crippen molar-refractivity contribution in [1.82, 2.24) is 10.6 Å². The molecule has 154 valence electrons. The summed E-state index contributed by atoms with van der Waals surface area (Å²) in [6, 6.07) is 14.8. The van der Waals surface area contributed by atoms with Crippen molar-refractivity contribution in [1.29, 1.82) is 0 Å². The Bertz CT molecular complexity index is 843. The van der Waals surface area contributed by atoms with Crippen LogP contribution in [0.15, 0.2) is 42.5 Å². The molecule has 1 amide bonds. The molecular formula is C23H29N3O3. The van der Waals surface area contributed by atoms with Crippen LogP contribution in [0.4, 0.5) is 5.69 Å². The largest absolute Gasteiger partial charge is 0.454 e. The Morgan fingerprint density at radius 3 is 2.52 bits per heavy atom. The molecule has 2 aliphatic heterocycles. The Balaban J connectivity index is 1.29. The van der Waals surface area contributed by atoms with Crippen LogP contribution in [-0.4, -0.2) is 37.9 Å². The van der Waals surface area contributed by atoms with E-state index in [1.165, 1.54) is 5.69 Å². The molecule has 2 N–H and O–H groups in total. The number of hydrogen-bond donors (Lipinski definition) is 2. The maximum Gasteiger partial charge on any atom is 0.251 e. The van der Waals surface area contributed by atoms with Gasteiger partial charge in [0.2, 0.25) is 6.79 Å². The number of benzene rings is 2. The van der Waals surface area contributed by atoms with Crippen molar-refractivity contribution in [3.05, 3.63) is 53.6 Å². The Morgan fingerprint density at radius 1 is 1.07 bits per heavy atom. The Hall–Kier alpha value is -2.73. The third-order valence-corrected chi connectivity index (χ3v) is 5.45. The van der Waals surface area contributed by atoms with Crippen molar-refractivity contribution in [3.63, 3.8) is 0 Å². The summed E-state index contributed by atoms with van der Waals surface area (Å²) >= 11 is 0. The minimum Gasteiger partial charge on any atom is -0.454 e. The number of anilines is 1. The van der Waals surface area contributed by atoms with Gasteiger partial charge in [0.05, 0.1) is 0 Å². The molecule has 0 bridgehead atoms. The second-order valence-electron chi connectivity index (χ2n) is 8.00. The number of ether oxygens (including phenoxy) is 2. The molecule has 0 saturated carbocycles. The van der Waals surface area contributed by atoms with Gasteiger partial charge in [-0.2, -0.15) is 0 Å². The fourth-order valence-corrected chi connectivity index (χ4v) is 3.93. The Morgan fingerprint density at radius 2 is 1.79 bits per heavy atom. The van der Waals surface area contributed by atoms with Crippen molar-refractivity contribution in [3.8, 4) is 11.5 Å². The third kappa shape index (κ3) is 4.82. The summed E-state index contributed by atoms with van der Waals surface area (Å²) in [6.45, 7) is 7.18. The van der Waals surface area contributed by atoms with E-state index in [1.807, 2.05) is 42.5 Å². The van der Waals surface area contributed by atoms with Gasteiger partial charge in [-0.15, -0.1) is 0 Å². The summed E-state index contributed by atoms with van der Waals surface area (Å²) in [5.41, 5.74) is 2.84. The zero-order chi connectivity index (χ0) is 20.2.